The van der Waals surface area contributed by atoms with Crippen LogP contribution in [-0.4, -0.2) is 43.8 Å². The maximum absolute atomic E-state index is 5.35. The fraction of sp³-hybridized carbons (Fsp3) is 0.474. The normalized spacial score (nSPS) is 14.2. The number of aromatic nitrogens is 2. The number of rotatable bonds is 7. The average Bonchev–Trinajstić information content (AvgIpc) is 2.69. The number of nitrogens with zero attached hydrogens (tertiary/aromatic N) is 3. The average molecular weight is 342 g/mol. The highest BCUT2D eigenvalue weighted by Gasteiger charge is 2.12. The second kappa shape index (κ2) is 8.55. The number of benzene rings is 1. The summed E-state index contributed by atoms with van der Waals surface area (Å²) in [5.74, 6) is 3.40. The molecule has 6 heteroatoms. The minimum absolute atomic E-state index is 0.751. The minimum atomic E-state index is 0.751. The van der Waals surface area contributed by atoms with E-state index in [1.807, 2.05) is 18.2 Å². The van der Waals surface area contributed by atoms with Crippen LogP contribution >= 0.6 is 0 Å². The molecule has 1 aliphatic rings. The Hall–Kier alpha value is -2.50. The van der Waals surface area contributed by atoms with Gasteiger partial charge in [0.25, 0.3) is 0 Å². The van der Waals surface area contributed by atoms with Gasteiger partial charge < -0.3 is 19.7 Å². The third-order valence-electron chi connectivity index (χ3n) is 4.50. The summed E-state index contributed by atoms with van der Waals surface area (Å²) >= 11 is 0. The van der Waals surface area contributed by atoms with Crippen molar-refractivity contribution in [3.63, 3.8) is 0 Å². The predicted molar refractivity (Wildman–Crippen MR) is 99.8 cm³/mol. The van der Waals surface area contributed by atoms with Crippen LogP contribution in [0.2, 0.25) is 0 Å². The highest BCUT2D eigenvalue weighted by Crippen LogP contribution is 2.27. The highest BCUT2D eigenvalue weighted by molar-refractivity contribution is 5.49. The Balaban J connectivity index is 1.57. The third-order valence-corrected chi connectivity index (χ3v) is 4.50. The van der Waals surface area contributed by atoms with Crippen molar-refractivity contribution in [2.75, 3.05) is 44.1 Å². The quantitative estimate of drug-likeness (QED) is 0.834. The second-order valence-electron chi connectivity index (χ2n) is 6.18. The zero-order valence-corrected chi connectivity index (χ0v) is 15.0. The van der Waals surface area contributed by atoms with Gasteiger partial charge >= 0.3 is 0 Å². The first kappa shape index (κ1) is 17.3. The lowest BCUT2D eigenvalue weighted by atomic mass is 10.1. The largest absolute Gasteiger partial charge is 0.493 e. The molecule has 3 rings (SSSR count). The lowest BCUT2D eigenvalue weighted by molar-refractivity contribution is 0.354. The Morgan fingerprint density at radius 1 is 1.00 bits per heavy atom. The Kier molecular flexibility index (Phi) is 5.93. The van der Waals surface area contributed by atoms with Crippen molar-refractivity contribution < 1.29 is 9.47 Å². The van der Waals surface area contributed by atoms with Crippen LogP contribution in [0.3, 0.4) is 0 Å². The lowest BCUT2D eigenvalue weighted by Crippen LogP contribution is -2.30. The van der Waals surface area contributed by atoms with Crippen LogP contribution in [0.4, 0.5) is 11.6 Å². The first-order valence-corrected chi connectivity index (χ1v) is 8.82. The second-order valence-corrected chi connectivity index (χ2v) is 6.18. The highest BCUT2D eigenvalue weighted by atomic mass is 16.5. The molecular formula is C19H26N4O2. The maximum atomic E-state index is 5.35. The molecular weight excluding hydrogens is 316 g/mol. The molecule has 0 spiro atoms. The topological polar surface area (TPSA) is 59.5 Å². The molecule has 1 aliphatic heterocycles. The minimum Gasteiger partial charge on any atom is -0.493 e. The standard InChI is InChI=1S/C19H26N4O2/c1-24-16-7-6-15(12-17(16)25-2)8-9-20-18-13-19(22-14-21-18)23-10-4-3-5-11-23/h6-7,12-14H,3-5,8-11H2,1-2H3,(H,20,21,22). The van der Waals surface area contributed by atoms with Crippen LogP contribution in [-0.2, 0) is 6.42 Å². The zero-order chi connectivity index (χ0) is 17.5. The number of anilines is 2. The molecule has 2 heterocycles. The summed E-state index contributed by atoms with van der Waals surface area (Å²) in [5.41, 5.74) is 1.19. The molecule has 1 saturated heterocycles. The fourth-order valence-corrected chi connectivity index (χ4v) is 3.11. The van der Waals surface area contributed by atoms with Gasteiger partial charge in [-0.2, -0.15) is 0 Å². The van der Waals surface area contributed by atoms with Crippen molar-refractivity contribution in [2.45, 2.75) is 25.7 Å². The molecule has 0 aliphatic carbocycles. The number of hydrogen-bond donors (Lipinski definition) is 1. The van der Waals surface area contributed by atoms with Crippen LogP contribution in [0.5, 0.6) is 11.5 Å². The monoisotopic (exact) mass is 342 g/mol. The zero-order valence-electron chi connectivity index (χ0n) is 15.0. The Labute approximate surface area is 149 Å². The number of ether oxygens (including phenoxy) is 2. The molecule has 0 bridgehead atoms. The molecule has 0 unspecified atom stereocenters. The summed E-state index contributed by atoms with van der Waals surface area (Å²) in [5, 5.41) is 3.39. The molecule has 1 aromatic carbocycles. The van der Waals surface area contributed by atoms with Gasteiger partial charge in [-0.3, -0.25) is 0 Å². The van der Waals surface area contributed by atoms with Gasteiger partial charge in [-0.25, -0.2) is 9.97 Å². The fourth-order valence-electron chi connectivity index (χ4n) is 3.11. The summed E-state index contributed by atoms with van der Waals surface area (Å²) in [6, 6.07) is 8.05. The van der Waals surface area contributed by atoms with E-state index in [4.69, 9.17) is 9.47 Å². The summed E-state index contributed by atoms with van der Waals surface area (Å²) in [4.78, 5) is 11.1. The molecule has 1 aromatic heterocycles. The molecule has 134 valence electrons. The first-order chi connectivity index (χ1) is 12.3. The van der Waals surface area contributed by atoms with E-state index in [-0.39, 0.29) is 0 Å². The molecule has 0 atom stereocenters. The molecule has 0 radical (unpaired) electrons. The van der Waals surface area contributed by atoms with E-state index in [2.05, 4.69) is 26.3 Å². The van der Waals surface area contributed by atoms with Crippen molar-refractivity contribution in [3.05, 3.63) is 36.2 Å². The Morgan fingerprint density at radius 3 is 2.56 bits per heavy atom. The number of piperidine rings is 1. The summed E-state index contributed by atoms with van der Waals surface area (Å²) in [6.45, 7) is 2.97. The van der Waals surface area contributed by atoms with Gasteiger partial charge in [-0.1, -0.05) is 6.07 Å². The summed E-state index contributed by atoms with van der Waals surface area (Å²) in [7, 11) is 3.30. The van der Waals surface area contributed by atoms with Crippen molar-refractivity contribution in [2.24, 2.45) is 0 Å². The van der Waals surface area contributed by atoms with Crippen molar-refractivity contribution in [3.8, 4) is 11.5 Å². The number of nitrogens with one attached hydrogen (secondary N) is 1. The molecule has 6 nitrogen and oxygen atoms in total. The molecule has 1 N–H and O–H groups in total. The van der Waals surface area contributed by atoms with Gasteiger partial charge in [-0.05, 0) is 43.4 Å². The lowest BCUT2D eigenvalue weighted by Gasteiger charge is -2.27. The molecule has 2 aromatic rings. The Bertz CT molecular complexity index is 687. The van der Waals surface area contributed by atoms with Gasteiger partial charge in [0.05, 0.1) is 14.2 Å². The summed E-state index contributed by atoms with van der Waals surface area (Å²) in [6.07, 6.45) is 6.32. The van der Waals surface area contributed by atoms with Gasteiger partial charge in [-0.15, -0.1) is 0 Å². The Morgan fingerprint density at radius 2 is 1.80 bits per heavy atom. The van der Waals surface area contributed by atoms with E-state index in [9.17, 15) is 0 Å². The maximum Gasteiger partial charge on any atom is 0.160 e. The van der Waals surface area contributed by atoms with Crippen LogP contribution < -0.4 is 19.7 Å². The smallest absolute Gasteiger partial charge is 0.160 e. The molecule has 1 fully saturated rings. The third kappa shape index (κ3) is 4.53. The van der Waals surface area contributed by atoms with Crippen molar-refractivity contribution in [1.82, 2.24) is 9.97 Å². The van der Waals surface area contributed by atoms with Crippen LogP contribution in [0, 0.1) is 0 Å². The first-order valence-electron chi connectivity index (χ1n) is 8.82. The van der Waals surface area contributed by atoms with Crippen LogP contribution in [0.15, 0.2) is 30.6 Å². The number of methoxy groups -OCH3 is 2. The van der Waals surface area contributed by atoms with Crippen molar-refractivity contribution >= 4 is 11.6 Å². The van der Waals surface area contributed by atoms with E-state index in [1.165, 1.54) is 24.8 Å². The molecule has 0 amide bonds. The van der Waals surface area contributed by atoms with E-state index < -0.39 is 0 Å². The summed E-state index contributed by atoms with van der Waals surface area (Å²) < 4.78 is 10.6. The number of hydrogen-bond acceptors (Lipinski definition) is 6. The predicted octanol–water partition coefficient (Wildman–Crippen LogP) is 3.14. The van der Waals surface area contributed by atoms with Crippen LogP contribution in [0.1, 0.15) is 24.8 Å². The van der Waals surface area contributed by atoms with Gasteiger partial charge in [0.2, 0.25) is 0 Å². The molecule has 25 heavy (non-hydrogen) atoms. The van der Waals surface area contributed by atoms with Gasteiger partial charge in [0, 0.05) is 25.7 Å². The van der Waals surface area contributed by atoms with Gasteiger partial charge in [0.1, 0.15) is 18.0 Å². The van der Waals surface area contributed by atoms with E-state index in [0.717, 1.165) is 49.2 Å². The van der Waals surface area contributed by atoms with Crippen molar-refractivity contribution in [1.29, 1.82) is 0 Å². The SMILES string of the molecule is COc1ccc(CCNc2cc(N3CCCCC3)ncn2)cc1OC. The van der Waals surface area contributed by atoms with E-state index >= 15 is 0 Å². The van der Waals surface area contributed by atoms with Gasteiger partial charge in [0.15, 0.2) is 11.5 Å². The van der Waals surface area contributed by atoms with Crippen LogP contribution in [0.25, 0.3) is 0 Å². The van der Waals surface area contributed by atoms with E-state index in [0.29, 0.717) is 0 Å². The van der Waals surface area contributed by atoms with E-state index in [1.54, 1.807) is 20.5 Å². The molecule has 0 saturated carbocycles.